The van der Waals surface area contributed by atoms with Crippen LogP contribution in [0.4, 0.5) is 0 Å². The second-order valence-corrected chi connectivity index (χ2v) is 5.01. The molecule has 0 aliphatic rings. The smallest absolute Gasteiger partial charge is 0.268 e. The highest BCUT2D eigenvalue weighted by atomic mass is 79.9. The molecule has 18 heavy (non-hydrogen) atoms. The number of benzene rings is 1. The minimum atomic E-state index is -0.343. The van der Waals surface area contributed by atoms with Gasteiger partial charge in [-0.05, 0) is 41.9 Å². The van der Waals surface area contributed by atoms with Gasteiger partial charge in [-0.3, -0.25) is 13.9 Å². The van der Waals surface area contributed by atoms with Crippen LogP contribution in [0.25, 0.3) is 5.69 Å². The predicted octanol–water partition coefficient (Wildman–Crippen LogP) is 1.92. The normalized spacial score (nSPS) is 10.7. The Kier molecular flexibility index (Phi) is 3.26. The van der Waals surface area contributed by atoms with E-state index in [1.54, 1.807) is 6.92 Å². The van der Waals surface area contributed by atoms with E-state index < -0.39 is 0 Å². The standard InChI is InChI=1S/C13H13BrN2O2/c1-8-4-6-10(7-5-8)16-9(2)11(14)12(17)15(3)13(16)18/h4-7H,1-3H3. The zero-order valence-electron chi connectivity index (χ0n) is 10.4. The van der Waals surface area contributed by atoms with Crippen LogP contribution in [-0.2, 0) is 7.05 Å². The largest absolute Gasteiger partial charge is 0.335 e. The highest BCUT2D eigenvalue weighted by Gasteiger charge is 2.13. The molecular formula is C13H13BrN2O2. The van der Waals surface area contributed by atoms with Crippen LogP contribution in [0.1, 0.15) is 11.3 Å². The lowest BCUT2D eigenvalue weighted by Crippen LogP contribution is -2.39. The number of rotatable bonds is 1. The number of halogens is 1. The van der Waals surface area contributed by atoms with E-state index in [0.717, 1.165) is 15.8 Å². The lowest BCUT2D eigenvalue weighted by Gasteiger charge is -2.13. The fourth-order valence-electron chi connectivity index (χ4n) is 1.78. The molecule has 0 fully saturated rings. The Hall–Kier alpha value is -1.62. The number of aryl methyl sites for hydroxylation is 1. The molecule has 5 heteroatoms. The van der Waals surface area contributed by atoms with Gasteiger partial charge in [-0.25, -0.2) is 4.79 Å². The molecule has 1 aromatic carbocycles. The molecule has 1 heterocycles. The van der Waals surface area contributed by atoms with Crippen molar-refractivity contribution in [1.82, 2.24) is 9.13 Å². The van der Waals surface area contributed by atoms with Crippen LogP contribution in [0.15, 0.2) is 38.3 Å². The zero-order chi connectivity index (χ0) is 13.4. The van der Waals surface area contributed by atoms with E-state index in [9.17, 15) is 9.59 Å². The topological polar surface area (TPSA) is 44.0 Å². The molecule has 94 valence electrons. The monoisotopic (exact) mass is 308 g/mol. The third kappa shape index (κ3) is 1.95. The molecule has 0 saturated heterocycles. The first-order chi connectivity index (χ1) is 8.43. The van der Waals surface area contributed by atoms with Crippen molar-refractivity contribution in [2.45, 2.75) is 13.8 Å². The van der Waals surface area contributed by atoms with Crippen LogP contribution >= 0.6 is 15.9 Å². The van der Waals surface area contributed by atoms with Gasteiger partial charge in [0.1, 0.15) is 4.47 Å². The van der Waals surface area contributed by atoms with Crippen LogP contribution in [-0.4, -0.2) is 9.13 Å². The lowest BCUT2D eigenvalue weighted by molar-refractivity contribution is 0.705. The van der Waals surface area contributed by atoms with Gasteiger partial charge in [0, 0.05) is 12.7 Å². The Morgan fingerprint density at radius 3 is 2.17 bits per heavy atom. The first-order valence-electron chi connectivity index (χ1n) is 5.48. The van der Waals surface area contributed by atoms with Gasteiger partial charge in [0.05, 0.1) is 5.69 Å². The van der Waals surface area contributed by atoms with E-state index in [4.69, 9.17) is 0 Å². The molecular weight excluding hydrogens is 296 g/mol. The lowest BCUT2D eigenvalue weighted by atomic mass is 10.2. The average molecular weight is 309 g/mol. The van der Waals surface area contributed by atoms with Gasteiger partial charge in [0.15, 0.2) is 0 Å². The molecule has 0 spiro atoms. The SMILES string of the molecule is Cc1ccc(-n2c(C)c(Br)c(=O)n(C)c2=O)cc1. The van der Waals surface area contributed by atoms with Crippen LogP contribution in [0, 0.1) is 13.8 Å². The first-order valence-corrected chi connectivity index (χ1v) is 6.28. The third-order valence-corrected chi connectivity index (χ3v) is 3.83. The highest BCUT2D eigenvalue weighted by molar-refractivity contribution is 9.10. The van der Waals surface area contributed by atoms with Crippen LogP contribution in [0.5, 0.6) is 0 Å². The number of hydrogen-bond donors (Lipinski definition) is 0. The molecule has 0 N–H and O–H groups in total. The molecule has 0 aliphatic carbocycles. The summed E-state index contributed by atoms with van der Waals surface area (Å²) < 4.78 is 3.02. The molecule has 1 aromatic heterocycles. The van der Waals surface area contributed by atoms with Gasteiger partial charge in [-0.1, -0.05) is 17.7 Å². The molecule has 0 saturated carbocycles. The van der Waals surface area contributed by atoms with Crippen molar-refractivity contribution in [2.75, 3.05) is 0 Å². The Bertz CT molecular complexity index is 711. The average Bonchev–Trinajstić information content (AvgIpc) is 2.36. The molecule has 0 aliphatic heterocycles. The predicted molar refractivity (Wildman–Crippen MR) is 74.5 cm³/mol. The Morgan fingerprint density at radius 2 is 1.61 bits per heavy atom. The third-order valence-electron chi connectivity index (χ3n) is 2.92. The molecule has 4 nitrogen and oxygen atoms in total. The van der Waals surface area contributed by atoms with Crippen molar-refractivity contribution < 1.29 is 0 Å². The molecule has 2 aromatic rings. The molecule has 2 rings (SSSR count). The maximum atomic E-state index is 12.2. The van der Waals surface area contributed by atoms with Crippen molar-refractivity contribution >= 4 is 15.9 Å². The van der Waals surface area contributed by atoms with Crippen molar-refractivity contribution in [3.63, 3.8) is 0 Å². The Balaban J connectivity index is 2.84. The maximum absolute atomic E-state index is 12.2. The second kappa shape index (κ2) is 4.57. The van der Waals surface area contributed by atoms with Crippen molar-refractivity contribution in [2.24, 2.45) is 7.05 Å². The molecule has 0 unspecified atom stereocenters. The number of hydrogen-bond acceptors (Lipinski definition) is 2. The summed E-state index contributed by atoms with van der Waals surface area (Å²) in [6, 6.07) is 7.59. The van der Waals surface area contributed by atoms with Crippen molar-refractivity contribution in [3.05, 3.63) is 60.8 Å². The van der Waals surface area contributed by atoms with E-state index in [0.29, 0.717) is 10.2 Å². The van der Waals surface area contributed by atoms with Gasteiger partial charge < -0.3 is 0 Å². The minimum absolute atomic E-state index is 0.319. The number of nitrogens with zero attached hydrogens (tertiary/aromatic N) is 2. The summed E-state index contributed by atoms with van der Waals surface area (Å²) in [7, 11) is 1.47. The van der Waals surface area contributed by atoms with E-state index >= 15 is 0 Å². The first kappa shape index (κ1) is 12.8. The van der Waals surface area contributed by atoms with Gasteiger partial charge in [-0.15, -0.1) is 0 Å². The second-order valence-electron chi connectivity index (χ2n) is 4.22. The fraction of sp³-hybridized carbons (Fsp3) is 0.231. The van der Waals surface area contributed by atoms with E-state index in [1.807, 2.05) is 31.2 Å². The van der Waals surface area contributed by atoms with Crippen molar-refractivity contribution in [3.8, 4) is 5.69 Å². The summed E-state index contributed by atoms with van der Waals surface area (Å²) in [6.07, 6.45) is 0. The van der Waals surface area contributed by atoms with Crippen molar-refractivity contribution in [1.29, 1.82) is 0 Å². The van der Waals surface area contributed by atoms with E-state index in [-0.39, 0.29) is 11.2 Å². The van der Waals surface area contributed by atoms with Gasteiger partial charge in [0.2, 0.25) is 0 Å². The molecule has 0 radical (unpaired) electrons. The van der Waals surface area contributed by atoms with Crippen LogP contribution < -0.4 is 11.2 Å². The van der Waals surface area contributed by atoms with Gasteiger partial charge >= 0.3 is 5.69 Å². The summed E-state index contributed by atoms with van der Waals surface area (Å²) in [5.74, 6) is 0. The summed E-state index contributed by atoms with van der Waals surface area (Å²) in [5.41, 5.74) is 1.81. The molecule has 0 bridgehead atoms. The quantitative estimate of drug-likeness (QED) is 0.808. The maximum Gasteiger partial charge on any atom is 0.335 e. The molecule has 0 atom stereocenters. The van der Waals surface area contributed by atoms with E-state index in [1.165, 1.54) is 11.6 Å². The summed E-state index contributed by atoms with van der Waals surface area (Å²) >= 11 is 3.23. The summed E-state index contributed by atoms with van der Waals surface area (Å²) in [5, 5.41) is 0. The molecule has 0 amide bonds. The summed E-state index contributed by atoms with van der Waals surface area (Å²) in [6.45, 7) is 3.73. The fourth-order valence-corrected chi connectivity index (χ4v) is 2.22. The highest BCUT2D eigenvalue weighted by Crippen LogP contribution is 2.14. The van der Waals surface area contributed by atoms with Crippen LogP contribution in [0.2, 0.25) is 0 Å². The number of aromatic nitrogens is 2. The zero-order valence-corrected chi connectivity index (χ0v) is 12.0. The van der Waals surface area contributed by atoms with Gasteiger partial charge in [-0.2, -0.15) is 0 Å². The van der Waals surface area contributed by atoms with Gasteiger partial charge in [0.25, 0.3) is 5.56 Å². The van der Waals surface area contributed by atoms with Crippen LogP contribution in [0.3, 0.4) is 0 Å². The minimum Gasteiger partial charge on any atom is -0.268 e. The van der Waals surface area contributed by atoms with E-state index in [2.05, 4.69) is 15.9 Å². The Morgan fingerprint density at radius 1 is 1.06 bits per heavy atom. The summed E-state index contributed by atoms with van der Waals surface area (Å²) in [4.78, 5) is 23.9. The Labute approximate surface area is 113 Å².